The molecule has 3 rings (SSSR count). The van der Waals surface area contributed by atoms with E-state index >= 15 is 0 Å². The van der Waals surface area contributed by atoms with E-state index in [1.807, 2.05) is 12.1 Å². The average Bonchev–Trinajstić information content (AvgIpc) is 2.94. The number of rotatable bonds is 2. The second kappa shape index (κ2) is 4.57. The van der Waals surface area contributed by atoms with Gasteiger partial charge in [0.15, 0.2) is 5.78 Å². The number of fused-ring (bicyclic) bond motifs is 1. The van der Waals surface area contributed by atoms with Gasteiger partial charge in [0.25, 0.3) is 0 Å². The minimum absolute atomic E-state index is 0.137. The highest BCUT2D eigenvalue weighted by molar-refractivity contribution is 7.20. The van der Waals surface area contributed by atoms with E-state index in [-0.39, 0.29) is 5.78 Å². The van der Waals surface area contributed by atoms with E-state index in [4.69, 9.17) is 27.9 Å². The second-order valence-electron chi connectivity index (χ2n) is 3.96. The third-order valence-corrected chi connectivity index (χ3v) is 4.35. The zero-order valence-corrected chi connectivity index (χ0v) is 11.5. The van der Waals surface area contributed by atoms with Crippen LogP contribution >= 0.6 is 34.5 Å². The summed E-state index contributed by atoms with van der Waals surface area (Å²) >= 11 is 13.1. The van der Waals surface area contributed by atoms with Crippen LogP contribution in [0.1, 0.15) is 21.5 Å². The summed E-state index contributed by atoms with van der Waals surface area (Å²) in [5.74, 6) is 0.544. The Morgan fingerprint density at radius 1 is 1.28 bits per heavy atom. The highest BCUT2D eigenvalue weighted by Gasteiger charge is 2.23. The molecule has 0 aliphatic carbocycles. The van der Waals surface area contributed by atoms with Crippen molar-refractivity contribution in [1.29, 1.82) is 0 Å². The summed E-state index contributed by atoms with van der Waals surface area (Å²) in [4.78, 5) is 12.4. The van der Waals surface area contributed by atoms with Crippen molar-refractivity contribution < 1.29 is 9.53 Å². The molecule has 2 aromatic rings. The maximum absolute atomic E-state index is 12.4. The molecule has 1 aliphatic heterocycles. The van der Waals surface area contributed by atoms with Crippen molar-refractivity contribution in [3.8, 4) is 5.75 Å². The number of ether oxygens (including phenoxy) is 1. The van der Waals surface area contributed by atoms with Crippen molar-refractivity contribution in [3.63, 3.8) is 0 Å². The van der Waals surface area contributed by atoms with Gasteiger partial charge >= 0.3 is 0 Å². The molecule has 0 amide bonds. The Labute approximate surface area is 118 Å². The molecule has 1 aliphatic rings. The Morgan fingerprint density at radius 2 is 2.11 bits per heavy atom. The molecule has 92 valence electrons. The van der Waals surface area contributed by atoms with Crippen molar-refractivity contribution in [2.75, 3.05) is 6.61 Å². The number of halogens is 2. The molecule has 5 heteroatoms. The van der Waals surface area contributed by atoms with Gasteiger partial charge in [-0.3, -0.25) is 4.79 Å². The number of para-hydroxylation sites is 1. The quantitative estimate of drug-likeness (QED) is 0.776. The second-order valence-corrected chi connectivity index (χ2v) is 6.24. The van der Waals surface area contributed by atoms with Crippen LogP contribution in [0.4, 0.5) is 0 Å². The average molecular weight is 299 g/mol. The predicted molar refractivity (Wildman–Crippen MR) is 73.4 cm³/mol. The SMILES string of the molecule is O=C(c1cc(Cl)sc1Cl)c1cccc2c1OCC2. The fraction of sp³-hybridized carbons (Fsp3) is 0.154. The fourth-order valence-corrected chi connectivity index (χ4v) is 3.49. The number of thiophene rings is 1. The number of carbonyl (C=O) groups is 1. The Kier molecular flexibility index (Phi) is 3.06. The molecule has 0 spiro atoms. The van der Waals surface area contributed by atoms with Gasteiger partial charge in [-0.1, -0.05) is 35.3 Å². The normalized spacial score (nSPS) is 13.2. The molecule has 0 saturated carbocycles. The van der Waals surface area contributed by atoms with Gasteiger partial charge in [-0.15, -0.1) is 11.3 Å². The summed E-state index contributed by atoms with van der Waals surface area (Å²) in [6, 6.07) is 7.20. The van der Waals surface area contributed by atoms with Crippen molar-refractivity contribution in [1.82, 2.24) is 0 Å². The molecule has 0 radical (unpaired) electrons. The molecular weight excluding hydrogens is 291 g/mol. The number of benzene rings is 1. The summed E-state index contributed by atoms with van der Waals surface area (Å²) in [6.07, 6.45) is 0.842. The van der Waals surface area contributed by atoms with Gasteiger partial charge in [-0.25, -0.2) is 0 Å². The van der Waals surface area contributed by atoms with Crippen LogP contribution in [0.25, 0.3) is 0 Å². The molecule has 0 fully saturated rings. The zero-order valence-electron chi connectivity index (χ0n) is 9.20. The minimum atomic E-state index is -0.137. The van der Waals surface area contributed by atoms with Crippen molar-refractivity contribution in [3.05, 3.63) is 49.6 Å². The van der Waals surface area contributed by atoms with Crippen molar-refractivity contribution in [2.45, 2.75) is 6.42 Å². The molecule has 1 aromatic carbocycles. The smallest absolute Gasteiger partial charge is 0.199 e. The maximum atomic E-state index is 12.4. The van der Waals surface area contributed by atoms with Gasteiger partial charge in [0, 0.05) is 6.42 Å². The number of ketones is 1. The topological polar surface area (TPSA) is 26.3 Å². The fourth-order valence-electron chi connectivity index (χ4n) is 2.03. The summed E-state index contributed by atoms with van der Waals surface area (Å²) < 4.78 is 6.45. The minimum Gasteiger partial charge on any atom is -0.492 e. The Bertz CT molecular complexity index is 634. The highest BCUT2D eigenvalue weighted by atomic mass is 35.5. The van der Waals surface area contributed by atoms with Gasteiger partial charge < -0.3 is 4.74 Å². The molecule has 2 nitrogen and oxygen atoms in total. The lowest BCUT2D eigenvalue weighted by atomic mass is 10.0. The maximum Gasteiger partial charge on any atom is 0.199 e. The standard InChI is InChI=1S/C13H8Cl2O2S/c14-10-6-9(13(15)18-10)11(16)8-3-1-2-7-4-5-17-12(7)8/h1-3,6H,4-5H2. The lowest BCUT2D eigenvalue weighted by Gasteiger charge is -2.06. The summed E-state index contributed by atoms with van der Waals surface area (Å²) in [7, 11) is 0. The van der Waals surface area contributed by atoms with Gasteiger partial charge in [-0.2, -0.15) is 0 Å². The first-order valence-electron chi connectivity index (χ1n) is 5.41. The predicted octanol–water partition coefficient (Wildman–Crippen LogP) is 4.22. The summed E-state index contributed by atoms with van der Waals surface area (Å²) in [5.41, 5.74) is 2.07. The van der Waals surface area contributed by atoms with E-state index in [1.54, 1.807) is 12.1 Å². The first-order valence-corrected chi connectivity index (χ1v) is 6.98. The Balaban J connectivity index is 2.08. The third-order valence-electron chi connectivity index (χ3n) is 2.86. The Morgan fingerprint density at radius 3 is 2.83 bits per heavy atom. The van der Waals surface area contributed by atoms with Crippen LogP contribution in [0.5, 0.6) is 5.75 Å². The number of carbonyl (C=O) groups excluding carboxylic acids is 1. The van der Waals surface area contributed by atoms with E-state index in [9.17, 15) is 4.79 Å². The largest absolute Gasteiger partial charge is 0.492 e. The van der Waals surface area contributed by atoms with E-state index in [1.165, 1.54) is 11.3 Å². The van der Waals surface area contributed by atoms with Gasteiger partial charge in [0.1, 0.15) is 10.1 Å². The van der Waals surface area contributed by atoms with Crippen LogP contribution in [-0.4, -0.2) is 12.4 Å². The van der Waals surface area contributed by atoms with Crippen LogP contribution in [0.15, 0.2) is 24.3 Å². The summed E-state index contributed by atoms with van der Waals surface area (Å²) in [5, 5.41) is 0. The van der Waals surface area contributed by atoms with Crippen LogP contribution < -0.4 is 4.74 Å². The van der Waals surface area contributed by atoms with E-state index in [2.05, 4.69) is 0 Å². The molecule has 18 heavy (non-hydrogen) atoms. The zero-order chi connectivity index (χ0) is 12.7. The highest BCUT2D eigenvalue weighted by Crippen LogP contribution is 2.36. The molecular formula is C13H8Cl2O2S. The molecule has 0 bridgehead atoms. The van der Waals surface area contributed by atoms with Crippen molar-refractivity contribution >= 4 is 40.3 Å². The lowest BCUT2D eigenvalue weighted by molar-refractivity contribution is 0.103. The monoisotopic (exact) mass is 298 g/mol. The van der Waals surface area contributed by atoms with Gasteiger partial charge in [0.05, 0.1) is 22.1 Å². The Hall–Kier alpha value is -1.03. The summed E-state index contributed by atoms with van der Waals surface area (Å²) in [6.45, 7) is 0.623. The molecule has 0 saturated heterocycles. The van der Waals surface area contributed by atoms with E-state index in [0.29, 0.717) is 32.2 Å². The lowest BCUT2D eigenvalue weighted by Crippen LogP contribution is -2.02. The third kappa shape index (κ3) is 1.92. The molecule has 0 unspecified atom stereocenters. The van der Waals surface area contributed by atoms with Crippen molar-refractivity contribution in [2.24, 2.45) is 0 Å². The molecule has 1 aromatic heterocycles. The number of hydrogen-bond acceptors (Lipinski definition) is 3. The number of hydrogen-bond donors (Lipinski definition) is 0. The van der Waals surface area contributed by atoms with Crippen LogP contribution in [0, 0.1) is 0 Å². The van der Waals surface area contributed by atoms with Gasteiger partial charge in [0.2, 0.25) is 0 Å². The molecule has 0 atom stereocenters. The van der Waals surface area contributed by atoms with E-state index in [0.717, 1.165) is 12.0 Å². The van der Waals surface area contributed by atoms with Crippen LogP contribution in [0.2, 0.25) is 8.67 Å². The van der Waals surface area contributed by atoms with Crippen LogP contribution in [0.3, 0.4) is 0 Å². The molecule has 0 N–H and O–H groups in total. The van der Waals surface area contributed by atoms with E-state index < -0.39 is 0 Å². The first kappa shape index (κ1) is 12.0. The first-order chi connectivity index (χ1) is 8.66. The van der Waals surface area contributed by atoms with Gasteiger partial charge in [-0.05, 0) is 17.7 Å². The van der Waals surface area contributed by atoms with Crippen LogP contribution in [-0.2, 0) is 6.42 Å². The molecule has 2 heterocycles.